The van der Waals surface area contributed by atoms with E-state index in [-0.39, 0.29) is 16.9 Å². The first-order valence-electron chi connectivity index (χ1n) is 6.19. The van der Waals surface area contributed by atoms with Crippen molar-refractivity contribution in [3.63, 3.8) is 0 Å². The van der Waals surface area contributed by atoms with Crippen LogP contribution in [0.3, 0.4) is 0 Å². The van der Waals surface area contributed by atoms with Crippen molar-refractivity contribution in [2.75, 3.05) is 5.73 Å². The van der Waals surface area contributed by atoms with Crippen molar-refractivity contribution in [1.29, 1.82) is 5.26 Å². The molecule has 2 aromatic heterocycles. The number of pyridine rings is 1. The maximum atomic E-state index is 14.0. The van der Waals surface area contributed by atoms with Gasteiger partial charge in [0, 0.05) is 22.0 Å². The van der Waals surface area contributed by atoms with Crippen LogP contribution in [0.5, 0.6) is 0 Å². The summed E-state index contributed by atoms with van der Waals surface area (Å²) in [4.78, 5) is 15.9. The second-order valence-electron chi connectivity index (χ2n) is 4.58. The lowest BCUT2D eigenvalue weighted by atomic mass is 10.1. The Balaban J connectivity index is 2.30. The monoisotopic (exact) mass is 312 g/mol. The lowest BCUT2D eigenvalue weighted by Gasteiger charge is -2.00. The van der Waals surface area contributed by atoms with Crippen molar-refractivity contribution in [3.8, 4) is 16.5 Å². The number of benzene rings is 1. The highest BCUT2D eigenvalue weighted by Crippen LogP contribution is 2.38. The maximum absolute atomic E-state index is 14.0. The van der Waals surface area contributed by atoms with Crippen LogP contribution in [0, 0.1) is 17.1 Å². The average Bonchev–Trinajstić information content (AvgIpc) is 2.93. The van der Waals surface area contributed by atoms with Gasteiger partial charge in [0.15, 0.2) is 0 Å². The molecule has 0 fully saturated rings. The maximum Gasteiger partial charge on any atom is 0.251 e. The molecule has 0 aliphatic carbocycles. The van der Waals surface area contributed by atoms with Crippen LogP contribution in [-0.2, 0) is 0 Å². The summed E-state index contributed by atoms with van der Waals surface area (Å²) in [5.41, 5.74) is 12.0. The Kier molecular flexibility index (Phi) is 3.23. The number of amides is 1. The number of nitrogens with zero attached hydrogens (tertiary/aromatic N) is 2. The zero-order valence-corrected chi connectivity index (χ0v) is 11.9. The van der Waals surface area contributed by atoms with Crippen LogP contribution in [0.15, 0.2) is 30.5 Å². The number of thiophene rings is 1. The van der Waals surface area contributed by atoms with E-state index in [0.29, 0.717) is 20.5 Å². The van der Waals surface area contributed by atoms with Crippen LogP contribution in [0.25, 0.3) is 20.5 Å². The zero-order chi connectivity index (χ0) is 15.9. The quantitative estimate of drug-likeness (QED) is 0.758. The third-order valence-electron chi connectivity index (χ3n) is 3.21. The van der Waals surface area contributed by atoms with E-state index in [1.165, 1.54) is 35.7 Å². The van der Waals surface area contributed by atoms with Crippen LogP contribution >= 0.6 is 11.3 Å². The summed E-state index contributed by atoms with van der Waals surface area (Å²) in [6.07, 6.45) is 1.31. The molecule has 3 aromatic rings. The molecule has 1 amide bonds. The molecular formula is C15H9FN4OS. The van der Waals surface area contributed by atoms with E-state index in [1.807, 2.05) is 6.07 Å². The van der Waals surface area contributed by atoms with Gasteiger partial charge in [0.2, 0.25) is 0 Å². The Morgan fingerprint density at radius 1 is 1.36 bits per heavy atom. The van der Waals surface area contributed by atoms with Crippen molar-refractivity contribution in [2.24, 2.45) is 5.73 Å². The van der Waals surface area contributed by atoms with Crippen LogP contribution in [0.4, 0.5) is 10.2 Å². The summed E-state index contributed by atoms with van der Waals surface area (Å²) < 4.78 is 14.6. The summed E-state index contributed by atoms with van der Waals surface area (Å²) in [5, 5.41) is 9.48. The second kappa shape index (κ2) is 5.09. The predicted molar refractivity (Wildman–Crippen MR) is 82.7 cm³/mol. The smallest absolute Gasteiger partial charge is 0.251 e. The van der Waals surface area contributed by atoms with E-state index in [4.69, 9.17) is 16.7 Å². The molecule has 4 N–H and O–H groups in total. The molecule has 1 aromatic carbocycles. The minimum absolute atomic E-state index is 0.234. The summed E-state index contributed by atoms with van der Waals surface area (Å²) in [6.45, 7) is 0. The average molecular weight is 312 g/mol. The third kappa shape index (κ3) is 2.16. The van der Waals surface area contributed by atoms with Gasteiger partial charge >= 0.3 is 0 Å². The van der Waals surface area contributed by atoms with E-state index in [9.17, 15) is 9.18 Å². The summed E-state index contributed by atoms with van der Waals surface area (Å²) in [6, 6.07) is 7.70. The van der Waals surface area contributed by atoms with Crippen molar-refractivity contribution in [1.82, 2.24) is 4.98 Å². The third-order valence-corrected chi connectivity index (χ3v) is 4.41. The molecule has 3 rings (SSSR count). The first-order chi connectivity index (χ1) is 10.5. The molecule has 0 atom stereocenters. The molecule has 0 saturated carbocycles. The molecule has 0 radical (unpaired) electrons. The van der Waals surface area contributed by atoms with Gasteiger partial charge in [0.05, 0.1) is 21.9 Å². The largest absolute Gasteiger partial charge is 0.383 e. The van der Waals surface area contributed by atoms with Gasteiger partial charge in [0.1, 0.15) is 11.6 Å². The number of primary amides is 1. The molecule has 22 heavy (non-hydrogen) atoms. The lowest BCUT2D eigenvalue weighted by Crippen LogP contribution is -2.11. The SMILES string of the molecule is N#Cc1ccc(F)c(-c2cc3c(N)ncc(C(N)=O)c3s2)c1. The normalized spacial score (nSPS) is 10.5. The summed E-state index contributed by atoms with van der Waals surface area (Å²) in [5.74, 6) is -0.853. The number of halogens is 1. The Morgan fingerprint density at radius 3 is 2.82 bits per heavy atom. The molecule has 0 spiro atoms. The van der Waals surface area contributed by atoms with Crippen molar-refractivity contribution in [3.05, 3.63) is 47.4 Å². The van der Waals surface area contributed by atoms with Crippen LogP contribution in [-0.4, -0.2) is 10.9 Å². The number of anilines is 1. The molecular weight excluding hydrogens is 303 g/mol. The Hall–Kier alpha value is -2.98. The van der Waals surface area contributed by atoms with Crippen LogP contribution in [0.1, 0.15) is 15.9 Å². The van der Waals surface area contributed by atoms with Gasteiger partial charge in [-0.3, -0.25) is 4.79 Å². The van der Waals surface area contributed by atoms with Gasteiger partial charge in [0.25, 0.3) is 5.91 Å². The lowest BCUT2D eigenvalue weighted by molar-refractivity contribution is 0.100. The van der Waals surface area contributed by atoms with E-state index < -0.39 is 11.7 Å². The highest BCUT2D eigenvalue weighted by Gasteiger charge is 2.16. The molecule has 7 heteroatoms. The molecule has 2 heterocycles. The summed E-state index contributed by atoms with van der Waals surface area (Å²) in [7, 11) is 0. The van der Waals surface area contributed by atoms with Gasteiger partial charge in [-0.2, -0.15) is 5.26 Å². The topological polar surface area (TPSA) is 106 Å². The molecule has 0 unspecified atom stereocenters. The zero-order valence-electron chi connectivity index (χ0n) is 11.1. The Morgan fingerprint density at radius 2 is 2.14 bits per heavy atom. The molecule has 0 saturated heterocycles. The first kappa shape index (κ1) is 14.0. The van der Waals surface area contributed by atoms with Crippen molar-refractivity contribution in [2.45, 2.75) is 0 Å². The first-order valence-corrected chi connectivity index (χ1v) is 7.00. The number of hydrogen-bond acceptors (Lipinski definition) is 5. The number of nitriles is 1. The molecule has 0 aliphatic heterocycles. The van der Waals surface area contributed by atoms with Crippen LogP contribution < -0.4 is 11.5 Å². The summed E-state index contributed by atoms with van der Waals surface area (Å²) >= 11 is 1.18. The number of nitrogen functional groups attached to an aromatic ring is 1. The second-order valence-corrected chi connectivity index (χ2v) is 5.63. The number of carbonyl (C=O) groups excluding carboxylic acids is 1. The number of aromatic nitrogens is 1. The van der Waals surface area contributed by atoms with E-state index >= 15 is 0 Å². The highest BCUT2D eigenvalue weighted by molar-refractivity contribution is 7.22. The fraction of sp³-hybridized carbons (Fsp3) is 0. The Bertz CT molecular complexity index is 958. The van der Waals surface area contributed by atoms with E-state index in [0.717, 1.165) is 0 Å². The number of carbonyl (C=O) groups is 1. The minimum atomic E-state index is -0.628. The van der Waals surface area contributed by atoms with Crippen molar-refractivity contribution < 1.29 is 9.18 Å². The van der Waals surface area contributed by atoms with Gasteiger partial charge in [-0.05, 0) is 24.3 Å². The number of fused-ring (bicyclic) bond motifs is 1. The molecule has 0 bridgehead atoms. The van der Waals surface area contributed by atoms with Crippen LogP contribution in [0.2, 0.25) is 0 Å². The molecule has 5 nitrogen and oxygen atoms in total. The standard InChI is InChI=1S/C15H9FN4OS/c16-11-2-1-7(5-17)3-8(11)12-4-9-13(22-12)10(15(19)21)6-20-14(9)18/h1-4,6H,(H2,18,20)(H2,19,21). The predicted octanol–water partition coefficient (Wildman–Crippen LogP) is 2.66. The number of hydrogen-bond donors (Lipinski definition) is 2. The highest BCUT2D eigenvalue weighted by atomic mass is 32.1. The molecule has 0 aliphatic rings. The van der Waals surface area contributed by atoms with E-state index in [1.54, 1.807) is 6.07 Å². The van der Waals surface area contributed by atoms with Gasteiger partial charge < -0.3 is 11.5 Å². The van der Waals surface area contributed by atoms with Gasteiger partial charge in [-0.25, -0.2) is 9.37 Å². The fourth-order valence-corrected chi connectivity index (χ4v) is 3.34. The number of nitrogens with two attached hydrogens (primary N) is 2. The van der Waals surface area contributed by atoms with E-state index in [2.05, 4.69) is 4.98 Å². The Labute approximate surface area is 128 Å². The molecule has 108 valence electrons. The number of rotatable bonds is 2. The van der Waals surface area contributed by atoms with Crippen molar-refractivity contribution >= 4 is 33.1 Å². The van der Waals surface area contributed by atoms with Gasteiger partial charge in [-0.15, -0.1) is 11.3 Å². The van der Waals surface area contributed by atoms with Gasteiger partial charge in [-0.1, -0.05) is 0 Å². The fourth-order valence-electron chi connectivity index (χ4n) is 2.14. The minimum Gasteiger partial charge on any atom is -0.383 e.